The number of ether oxygens (including phenoxy) is 2. The lowest BCUT2D eigenvalue weighted by Gasteiger charge is -2.38. The molecule has 0 bridgehead atoms. The van der Waals surface area contributed by atoms with Crippen molar-refractivity contribution in [1.29, 1.82) is 0 Å². The Labute approximate surface area is 83.3 Å². The minimum atomic E-state index is -1.21. The highest BCUT2D eigenvalue weighted by atomic mass is 16.7. The molecule has 1 aliphatic heterocycles. The third-order valence-corrected chi connectivity index (χ3v) is 1.92. The summed E-state index contributed by atoms with van der Waals surface area (Å²) in [7, 11) is 0. The Bertz CT molecular complexity index is 188. The highest BCUT2D eigenvalue weighted by Gasteiger charge is 2.39. The molecule has 0 aromatic rings. The average Bonchev–Trinajstić information content (AvgIpc) is 2.04. The molecule has 14 heavy (non-hydrogen) atoms. The van der Waals surface area contributed by atoms with E-state index in [4.69, 9.17) is 9.47 Å². The zero-order chi connectivity index (χ0) is 10.9. The molecule has 1 heterocycles. The van der Waals surface area contributed by atoms with Crippen LogP contribution in [0.25, 0.3) is 0 Å². The summed E-state index contributed by atoms with van der Waals surface area (Å²) < 4.78 is 10.4. The quantitative estimate of drug-likeness (QED) is 0.525. The Balaban J connectivity index is 2.55. The lowest BCUT2D eigenvalue weighted by atomic mass is 10.1. The first-order chi connectivity index (χ1) is 6.31. The van der Waals surface area contributed by atoms with Crippen molar-refractivity contribution in [2.45, 2.75) is 51.0 Å². The van der Waals surface area contributed by atoms with Gasteiger partial charge in [0, 0.05) is 0 Å². The Morgan fingerprint density at radius 2 is 1.71 bits per heavy atom. The predicted molar refractivity (Wildman–Crippen MR) is 48.6 cm³/mol. The van der Waals surface area contributed by atoms with Crippen molar-refractivity contribution >= 4 is 0 Å². The molecule has 4 atom stereocenters. The van der Waals surface area contributed by atoms with Crippen molar-refractivity contribution in [1.82, 2.24) is 0 Å². The van der Waals surface area contributed by atoms with Gasteiger partial charge in [-0.1, -0.05) is 0 Å². The van der Waals surface area contributed by atoms with Crippen molar-refractivity contribution in [3.63, 3.8) is 0 Å². The van der Waals surface area contributed by atoms with Gasteiger partial charge < -0.3 is 24.8 Å². The van der Waals surface area contributed by atoms with E-state index < -0.39 is 30.2 Å². The maximum absolute atomic E-state index is 9.51. The molecule has 1 aliphatic rings. The van der Waals surface area contributed by atoms with E-state index in [1.807, 2.05) is 20.8 Å². The average molecular weight is 206 g/mol. The number of rotatable bonds is 1. The largest absolute Gasteiger partial charge is 0.388 e. The SMILES string of the molecule is CC(C)(C)OC1OC[C@@H](O)[C@@H](O)C1O. The van der Waals surface area contributed by atoms with Gasteiger partial charge in [0.15, 0.2) is 6.29 Å². The van der Waals surface area contributed by atoms with Gasteiger partial charge in [-0.25, -0.2) is 0 Å². The van der Waals surface area contributed by atoms with Crippen molar-refractivity contribution in [3.8, 4) is 0 Å². The van der Waals surface area contributed by atoms with E-state index in [1.54, 1.807) is 0 Å². The van der Waals surface area contributed by atoms with Gasteiger partial charge in [-0.05, 0) is 20.8 Å². The van der Waals surface area contributed by atoms with Crippen LogP contribution in [-0.2, 0) is 9.47 Å². The molecular formula is C9H18O5. The van der Waals surface area contributed by atoms with Crippen LogP contribution in [0.3, 0.4) is 0 Å². The lowest BCUT2D eigenvalue weighted by molar-refractivity contribution is -0.294. The van der Waals surface area contributed by atoms with E-state index in [9.17, 15) is 15.3 Å². The minimum absolute atomic E-state index is 0.0288. The fourth-order valence-corrected chi connectivity index (χ4v) is 1.23. The van der Waals surface area contributed by atoms with Crippen LogP contribution in [0.2, 0.25) is 0 Å². The molecule has 1 fully saturated rings. The number of aliphatic hydroxyl groups excluding tert-OH is 3. The van der Waals surface area contributed by atoms with E-state index in [0.29, 0.717) is 0 Å². The van der Waals surface area contributed by atoms with Gasteiger partial charge >= 0.3 is 0 Å². The molecule has 5 nitrogen and oxygen atoms in total. The van der Waals surface area contributed by atoms with Gasteiger partial charge in [-0.3, -0.25) is 0 Å². The Hall–Kier alpha value is -0.200. The first-order valence-corrected chi connectivity index (χ1v) is 4.65. The molecule has 3 N–H and O–H groups in total. The van der Waals surface area contributed by atoms with E-state index in [2.05, 4.69) is 0 Å². The van der Waals surface area contributed by atoms with E-state index in [-0.39, 0.29) is 6.61 Å². The van der Waals surface area contributed by atoms with E-state index >= 15 is 0 Å². The highest BCUT2D eigenvalue weighted by Crippen LogP contribution is 2.21. The number of aliphatic hydroxyl groups is 3. The maximum Gasteiger partial charge on any atom is 0.186 e. The highest BCUT2D eigenvalue weighted by molar-refractivity contribution is 4.83. The summed E-state index contributed by atoms with van der Waals surface area (Å²) in [6, 6.07) is 0. The second-order valence-corrected chi connectivity index (χ2v) is 4.48. The van der Waals surface area contributed by atoms with Crippen LogP contribution < -0.4 is 0 Å². The molecule has 2 unspecified atom stereocenters. The van der Waals surface area contributed by atoms with Crippen LogP contribution in [0.15, 0.2) is 0 Å². The van der Waals surface area contributed by atoms with E-state index in [1.165, 1.54) is 0 Å². The first-order valence-electron chi connectivity index (χ1n) is 4.65. The van der Waals surface area contributed by atoms with Crippen molar-refractivity contribution in [2.75, 3.05) is 6.61 Å². The molecule has 0 aromatic carbocycles. The predicted octanol–water partition coefficient (Wildman–Crippen LogP) is -0.760. The molecule has 5 heteroatoms. The summed E-state index contributed by atoms with van der Waals surface area (Å²) in [5.74, 6) is 0. The van der Waals surface area contributed by atoms with Gasteiger partial charge in [-0.15, -0.1) is 0 Å². The van der Waals surface area contributed by atoms with E-state index in [0.717, 1.165) is 0 Å². The first kappa shape index (κ1) is 11.9. The second-order valence-electron chi connectivity index (χ2n) is 4.48. The molecule has 0 aliphatic carbocycles. The van der Waals surface area contributed by atoms with Crippen LogP contribution in [0, 0.1) is 0 Å². The molecule has 84 valence electrons. The second kappa shape index (κ2) is 4.12. The summed E-state index contributed by atoms with van der Waals surface area (Å²) in [6.45, 7) is 5.43. The lowest BCUT2D eigenvalue weighted by Crippen LogP contribution is -2.55. The third-order valence-electron chi connectivity index (χ3n) is 1.92. The minimum Gasteiger partial charge on any atom is -0.388 e. The van der Waals surface area contributed by atoms with Gasteiger partial charge in [0.2, 0.25) is 0 Å². The van der Waals surface area contributed by atoms with Crippen LogP contribution in [0.5, 0.6) is 0 Å². The zero-order valence-electron chi connectivity index (χ0n) is 8.67. The summed E-state index contributed by atoms with van der Waals surface area (Å²) in [5, 5.41) is 28.0. The Morgan fingerprint density at radius 3 is 2.21 bits per heavy atom. The molecule has 0 amide bonds. The molecule has 0 radical (unpaired) electrons. The number of hydrogen-bond acceptors (Lipinski definition) is 5. The molecule has 0 saturated carbocycles. The summed E-state index contributed by atoms with van der Waals surface area (Å²) in [5.41, 5.74) is -0.465. The topological polar surface area (TPSA) is 79.2 Å². The normalized spacial score (nSPS) is 39.9. The molecule has 1 saturated heterocycles. The van der Waals surface area contributed by atoms with Crippen LogP contribution in [0.1, 0.15) is 20.8 Å². The standard InChI is InChI=1S/C9H18O5/c1-9(2,3)14-8-7(12)6(11)5(10)4-13-8/h5-8,10-12H,4H2,1-3H3/t5-,6-,7?,8?/m1/s1. The molecule has 0 spiro atoms. The Kier molecular flexibility index (Phi) is 3.49. The van der Waals surface area contributed by atoms with Crippen LogP contribution in [0.4, 0.5) is 0 Å². The van der Waals surface area contributed by atoms with Gasteiger partial charge in [0.05, 0.1) is 12.2 Å². The molecule has 1 rings (SSSR count). The van der Waals surface area contributed by atoms with Crippen LogP contribution >= 0.6 is 0 Å². The fraction of sp³-hybridized carbons (Fsp3) is 1.00. The van der Waals surface area contributed by atoms with Crippen LogP contribution in [-0.4, -0.2) is 52.1 Å². The van der Waals surface area contributed by atoms with Crippen molar-refractivity contribution in [2.24, 2.45) is 0 Å². The fourth-order valence-electron chi connectivity index (χ4n) is 1.23. The molecular weight excluding hydrogens is 188 g/mol. The summed E-state index contributed by atoms with van der Waals surface area (Å²) >= 11 is 0. The van der Waals surface area contributed by atoms with Crippen molar-refractivity contribution in [3.05, 3.63) is 0 Å². The third kappa shape index (κ3) is 2.90. The van der Waals surface area contributed by atoms with Gasteiger partial charge in [0.25, 0.3) is 0 Å². The van der Waals surface area contributed by atoms with Crippen molar-refractivity contribution < 1.29 is 24.8 Å². The monoisotopic (exact) mass is 206 g/mol. The Morgan fingerprint density at radius 1 is 1.14 bits per heavy atom. The van der Waals surface area contributed by atoms with Gasteiger partial charge in [0.1, 0.15) is 18.3 Å². The maximum atomic E-state index is 9.51. The summed E-state index contributed by atoms with van der Waals surface area (Å²) in [6.07, 6.45) is -4.35. The summed E-state index contributed by atoms with van der Waals surface area (Å²) in [4.78, 5) is 0. The zero-order valence-corrected chi connectivity index (χ0v) is 8.67. The molecule has 0 aromatic heterocycles. The number of hydrogen-bond donors (Lipinski definition) is 3. The smallest absolute Gasteiger partial charge is 0.186 e. The van der Waals surface area contributed by atoms with Gasteiger partial charge in [-0.2, -0.15) is 0 Å².